The van der Waals surface area contributed by atoms with Crippen LogP contribution in [0.5, 0.6) is 0 Å². The van der Waals surface area contributed by atoms with Crippen LogP contribution in [0.15, 0.2) is 53.3 Å². The molecule has 0 bridgehead atoms. The summed E-state index contributed by atoms with van der Waals surface area (Å²) in [4.78, 5) is 13.0. The molecule has 2 aromatic carbocycles. The van der Waals surface area contributed by atoms with Crippen molar-refractivity contribution in [3.05, 3.63) is 70.1 Å². The molecule has 31 heavy (non-hydrogen) atoms. The lowest BCUT2D eigenvalue weighted by atomic mass is 10.0. The summed E-state index contributed by atoms with van der Waals surface area (Å²) in [6, 6.07) is 17.1. The van der Waals surface area contributed by atoms with Gasteiger partial charge in [-0.2, -0.15) is 0 Å². The number of likely N-dealkylation sites (N-methyl/N-ethyl adjacent to an activating group) is 1. The number of hydrogen-bond donors (Lipinski definition) is 1. The Hall–Kier alpha value is -2.41. The fraction of sp³-hybridized carbons (Fsp3) is 0.480. The van der Waals surface area contributed by atoms with Crippen LogP contribution < -0.4 is 11.0 Å². The lowest BCUT2D eigenvalue weighted by Crippen LogP contribution is -2.39. The van der Waals surface area contributed by atoms with Gasteiger partial charge in [0.2, 0.25) is 0 Å². The van der Waals surface area contributed by atoms with Crippen molar-refractivity contribution in [1.29, 1.82) is 0 Å². The Morgan fingerprint density at radius 2 is 1.77 bits per heavy atom. The molecule has 0 spiro atoms. The van der Waals surface area contributed by atoms with Crippen LogP contribution in [0.2, 0.25) is 0 Å². The first-order chi connectivity index (χ1) is 15.3. The third kappa shape index (κ3) is 5.26. The van der Waals surface area contributed by atoms with E-state index in [-0.39, 0.29) is 5.69 Å². The molecule has 0 amide bonds. The summed E-state index contributed by atoms with van der Waals surface area (Å²) in [5.41, 5.74) is 4.76. The third-order valence-corrected chi connectivity index (χ3v) is 6.08. The van der Waals surface area contributed by atoms with Gasteiger partial charge in [-0.25, -0.2) is 4.79 Å². The van der Waals surface area contributed by atoms with Gasteiger partial charge in [-0.1, -0.05) is 42.5 Å². The predicted molar refractivity (Wildman–Crippen MR) is 124 cm³/mol. The van der Waals surface area contributed by atoms with E-state index >= 15 is 0 Å². The van der Waals surface area contributed by atoms with Gasteiger partial charge in [-0.05, 0) is 49.9 Å². The highest BCUT2D eigenvalue weighted by Crippen LogP contribution is 2.24. The van der Waals surface area contributed by atoms with Crippen LogP contribution in [0.4, 0.5) is 0 Å². The quantitative estimate of drug-likeness (QED) is 0.455. The van der Waals surface area contributed by atoms with E-state index in [0.29, 0.717) is 32.4 Å². The van der Waals surface area contributed by atoms with Crippen molar-refractivity contribution in [2.24, 2.45) is 0 Å². The van der Waals surface area contributed by atoms with Crippen LogP contribution in [0.1, 0.15) is 24.0 Å². The van der Waals surface area contributed by atoms with Crippen molar-refractivity contribution in [2.45, 2.75) is 44.8 Å². The van der Waals surface area contributed by atoms with Crippen molar-refractivity contribution in [2.75, 3.05) is 33.5 Å². The summed E-state index contributed by atoms with van der Waals surface area (Å²) >= 11 is 0. The van der Waals surface area contributed by atoms with Crippen LogP contribution in [-0.2, 0) is 35.4 Å². The molecule has 0 radical (unpaired) electrons. The number of aromatic nitrogens is 2. The van der Waals surface area contributed by atoms with Gasteiger partial charge in [-0.3, -0.25) is 9.13 Å². The topological polar surface area (TPSA) is 57.4 Å². The average Bonchev–Trinajstić information content (AvgIpc) is 3.08. The Balaban J connectivity index is 1.17. The van der Waals surface area contributed by atoms with Crippen LogP contribution in [0.25, 0.3) is 11.0 Å². The number of rotatable bonds is 12. The molecule has 6 nitrogen and oxygen atoms in total. The van der Waals surface area contributed by atoms with Gasteiger partial charge in [0.25, 0.3) is 0 Å². The van der Waals surface area contributed by atoms with Gasteiger partial charge in [-0.15, -0.1) is 0 Å². The third-order valence-electron chi connectivity index (χ3n) is 6.08. The molecule has 0 fully saturated rings. The van der Waals surface area contributed by atoms with Crippen molar-refractivity contribution in [3.8, 4) is 0 Å². The number of imidazole rings is 1. The summed E-state index contributed by atoms with van der Waals surface area (Å²) < 4.78 is 15.2. The number of unbranched alkanes of at least 4 members (excludes halogenated alkanes) is 1. The Bertz CT molecular complexity index is 1030. The molecule has 0 aliphatic carbocycles. The van der Waals surface area contributed by atoms with E-state index in [0.717, 1.165) is 49.9 Å². The van der Waals surface area contributed by atoms with Crippen molar-refractivity contribution >= 4 is 11.0 Å². The molecule has 1 atom stereocenters. The molecule has 0 unspecified atom stereocenters. The highest BCUT2D eigenvalue weighted by Gasteiger charge is 2.24. The summed E-state index contributed by atoms with van der Waals surface area (Å²) in [5.74, 6) is 0. The van der Waals surface area contributed by atoms with Crippen molar-refractivity contribution < 1.29 is 9.47 Å². The Kier molecular flexibility index (Phi) is 7.57. The molecule has 6 heteroatoms. The van der Waals surface area contributed by atoms with E-state index in [1.807, 2.05) is 34.4 Å². The number of nitrogens with one attached hydrogen (secondary N) is 1. The normalized spacial score (nSPS) is 15.6. The molecule has 1 aliphatic rings. The average molecular weight is 424 g/mol. The molecule has 1 aliphatic heterocycles. The first kappa shape index (κ1) is 21.8. The maximum atomic E-state index is 13.0. The maximum Gasteiger partial charge on any atom is 0.329 e. The predicted octanol–water partition coefficient (Wildman–Crippen LogP) is 3.00. The van der Waals surface area contributed by atoms with E-state index in [4.69, 9.17) is 9.47 Å². The largest absolute Gasteiger partial charge is 0.379 e. The lowest BCUT2D eigenvalue weighted by Gasteiger charge is -2.22. The van der Waals surface area contributed by atoms with Gasteiger partial charge >= 0.3 is 5.69 Å². The molecule has 166 valence electrons. The second-order valence-corrected chi connectivity index (χ2v) is 8.19. The molecule has 0 saturated heterocycles. The number of benzene rings is 2. The Labute approximate surface area is 183 Å². The highest BCUT2D eigenvalue weighted by molar-refractivity contribution is 5.80. The van der Waals surface area contributed by atoms with Gasteiger partial charge < -0.3 is 14.8 Å². The fourth-order valence-corrected chi connectivity index (χ4v) is 4.40. The SMILES string of the molecule is CN[C@@H]1Cc2cccc3c2n(c(=O)n3CCOCCOCCCCc2ccccc2)C1. The van der Waals surface area contributed by atoms with Crippen LogP contribution in [0, 0.1) is 0 Å². The first-order valence-corrected chi connectivity index (χ1v) is 11.4. The summed E-state index contributed by atoms with van der Waals surface area (Å²) in [6.45, 7) is 3.70. The van der Waals surface area contributed by atoms with Crippen LogP contribution >= 0.6 is 0 Å². The number of aryl methyl sites for hydroxylation is 1. The minimum absolute atomic E-state index is 0.0562. The summed E-state index contributed by atoms with van der Waals surface area (Å²) in [6.07, 6.45) is 4.24. The second kappa shape index (κ2) is 10.8. The molecule has 1 aromatic heterocycles. The minimum atomic E-state index is 0.0562. The Morgan fingerprint density at radius 1 is 0.968 bits per heavy atom. The van der Waals surface area contributed by atoms with Gasteiger partial charge in [0.05, 0.1) is 37.4 Å². The van der Waals surface area contributed by atoms with Crippen molar-refractivity contribution in [1.82, 2.24) is 14.5 Å². The zero-order chi connectivity index (χ0) is 21.5. The zero-order valence-electron chi connectivity index (χ0n) is 18.4. The standard InChI is InChI=1S/C25H33N3O3/c1-26-22-18-21-11-7-12-23-24(21)28(19-22)25(29)27(23)13-15-31-17-16-30-14-6-5-10-20-8-3-2-4-9-20/h2-4,7-9,11-12,22,26H,5-6,10,13-19H2,1H3/t22-/m1/s1. The van der Waals surface area contributed by atoms with Crippen LogP contribution in [-0.4, -0.2) is 48.7 Å². The number of hydrogen-bond acceptors (Lipinski definition) is 4. The number of nitrogens with zero attached hydrogens (tertiary/aromatic N) is 2. The number of para-hydroxylation sites is 1. The number of ether oxygens (including phenoxy) is 2. The van der Waals surface area contributed by atoms with E-state index in [2.05, 4.69) is 35.6 Å². The Morgan fingerprint density at radius 3 is 2.58 bits per heavy atom. The molecule has 2 heterocycles. The van der Waals surface area contributed by atoms with E-state index in [1.165, 1.54) is 11.1 Å². The van der Waals surface area contributed by atoms with Gasteiger partial charge in [0.1, 0.15) is 0 Å². The molecule has 3 aromatic rings. The molecule has 4 rings (SSSR count). The summed E-state index contributed by atoms with van der Waals surface area (Å²) in [5, 5.41) is 3.31. The smallest absolute Gasteiger partial charge is 0.329 e. The first-order valence-electron chi connectivity index (χ1n) is 11.4. The van der Waals surface area contributed by atoms with Gasteiger partial charge in [0, 0.05) is 19.2 Å². The van der Waals surface area contributed by atoms with E-state index < -0.39 is 0 Å². The zero-order valence-corrected chi connectivity index (χ0v) is 18.4. The lowest BCUT2D eigenvalue weighted by molar-refractivity contribution is 0.0436. The fourth-order valence-electron chi connectivity index (χ4n) is 4.40. The highest BCUT2D eigenvalue weighted by atomic mass is 16.5. The molecular formula is C25H33N3O3. The van der Waals surface area contributed by atoms with Crippen molar-refractivity contribution in [3.63, 3.8) is 0 Å². The molecule has 0 saturated carbocycles. The molecule has 1 N–H and O–H groups in total. The van der Waals surface area contributed by atoms with Gasteiger partial charge in [0.15, 0.2) is 0 Å². The van der Waals surface area contributed by atoms with E-state index in [1.54, 1.807) is 0 Å². The minimum Gasteiger partial charge on any atom is -0.379 e. The second-order valence-electron chi connectivity index (χ2n) is 8.19. The monoisotopic (exact) mass is 423 g/mol. The van der Waals surface area contributed by atoms with E-state index in [9.17, 15) is 4.79 Å². The summed E-state index contributed by atoms with van der Waals surface area (Å²) in [7, 11) is 1.96. The van der Waals surface area contributed by atoms with Crippen LogP contribution in [0.3, 0.4) is 0 Å². The molecular weight excluding hydrogens is 390 g/mol. The maximum absolute atomic E-state index is 13.0.